The molecule has 0 aliphatic heterocycles. The van der Waals surface area contributed by atoms with Gasteiger partial charge in [-0.2, -0.15) is 0 Å². The first kappa shape index (κ1) is 14.6. The Morgan fingerprint density at radius 3 is 2.75 bits per heavy atom. The molecule has 1 aliphatic carbocycles. The van der Waals surface area contributed by atoms with Crippen molar-refractivity contribution < 1.29 is 4.92 Å². The molecule has 110 valence electrons. The van der Waals surface area contributed by atoms with Gasteiger partial charge in [-0.3, -0.25) is 10.1 Å². The van der Waals surface area contributed by atoms with E-state index in [1.807, 2.05) is 0 Å². The van der Waals surface area contributed by atoms with Crippen LogP contribution in [0.15, 0.2) is 12.1 Å². The maximum atomic E-state index is 11.1. The van der Waals surface area contributed by atoms with Crippen molar-refractivity contribution >= 4 is 17.3 Å². The zero-order valence-corrected chi connectivity index (χ0v) is 12.2. The van der Waals surface area contributed by atoms with Crippen molar-refractivity contribution in [2.75, 3.05) is 17.7 Å². The first-order valence-electron chi connectivity index (χ1n) is 7.16. The molecule has 3 unspecified atom stereocenters. The highest BCUT2D eigenvalue weighted by atomic mass is 16.6. The Morgan fingerprint density at radius 1 is 1.45 bits per heavy atom. The summed E-state index contributed by atoms with van der Waals surface area (Å²) in [5.41, 5.74) is 0.0381. The van der Waals surface area contributed by atoms with E-state index in [0.717, 1.165) is 12.8 Å². The molecule has 1 aliphatic rings. The van der Waals surface area contributed by atoms with Crippen LogP contribution in [0.25, 0.3) is 0 Å². The molecule has 2 N–H and O–H groups in total. The Morgan fingerprint density at radius 2 is 2.20 bits per heavy atom. The van der Waals surface area contributed by atoms with E-state index < -0.39 is 0 Å². The second kappa shape index (κ2) is 6.07. The van der Waals surface area contributed by atoms with Gasteiger partial charge in [-0.25, -0.2) is 4.98 Å². The molecular formula is C14H22N4O2. The van der Waals surface area contributed by atoms with E-state index in [1.54, 1.807) is 13.1 Å². The molecule has 1 aromatic heterocycles. The summed E-state index contributed by atoms with van der Waals surface area (Å²) < 4.78 is 0. The molecule has 0 aromatic carbocycles. The third-order valence-corrected chi connectivity index (χ3v) is 4.40. The summed E-state index contributed by atoms with van der Waals surface area (Å²) in [5.74, 6) is 2.21. The number of nitrogens with zero attached hydrogens (tertiary/aromatic N) is 2. The minimum absolute atomic E-state index is 0.0381. The summed E-state index contributed by atoms with van der Waals surface area (Å²) in [5, 5.41) is 17.3. The lowest BCUT2D eigenvalue weighted by Crippen LogP contribution is -2.25. The van der Waals surface area contributed by atoms with E-state index in [-0.39, 0.29) is 16.7 Å². The normalized spacial score (nSPS) is 25.4. The van der Waals surface area contributed by atoms with Crippen LogP contribution in [0, 0.1) is 22.0 Å². The van der Waals surface area contributed by atoms with Crippen LogP contribution < -0.4 is 10.6 Å². The smallest absolute Gasteiger partial charge is 0.311 e. The van der Waals surface area contributed by atoms with Crippen molar-refractivity contribution in [3.63, 3.8) is 0 Å². The van der Waals surface area contributed by atoms with Crippen molar-refractivity contribution in [3.05, 3.63) is 22.2 Å². The fraction of sp³-hybridized carbons (Fsp3) is 0.643. The number of nitrogens with one attached hydrogen (secondary N) is 2. The summed E-state index contributed by atoms with van der Waals surface area (Å²) in [6.45, 7) is 4.42. The van der Waals surface area contributed by atoms with Gasteiger partial charge in [0.25, 0.3) is 0 Å². The van der Waals surface area contributed by atoms with Crippen LogP contribution >= 0.6 is 0 Å². The lowest BCUT2D eigenvalue weighted by molar-refractivity contribution is -0.384. The van der Waals surface area contributed by atoms with Crippen LogP contribution in [0.3, 0.4) is 0 Å². The van der Waals surface area contributed by atoms with E-state index in [4.69, 9.17) is 0 Å². The number of hydrogen-bond acceptors (Lipinski definition) is 5. The first-order valence-corrected chi connectivity index (χ1v) is 7.16. The van der Waals surface area contributed by atoms with E-state index in [9.17, 15) is 10.1 Å². The van der Waals surface area contributed by atoms with Gasteiger partial charge in [0.15, 0.2) is 0 Å². The third kappa shape index (κ3) is 2.84. The Labute approximate surface area is 119 Å². The molecule has 6 heteroatoms. The molecular weight excluding hydrogens is 256 g/mol. The Hall–Kier alpha value is -1.85. The number of pyridine rings is 1. The molecule has 3 atom stereocenters. The van der Waals surface area contributed by atoms with Crippen molar-refractivity contribution in [2.45, 2.75) is 39.2 Å². The van der Waals surface area contributed by atoms with Crippen LogP contribution in [-0.4, -0.2) is 23.0 Å². The zero-order valence-electron chi connectivity index (χ0n) is 12.2. The van der Waals surface area contributed by atoms with E-state index in [0.29, 0.717) is 23.5 Å². The summed E-state index contributed by atoms with van der Waals surface area (Å²) in [6.07, 6.45) is 3.38. The van der Waals surface area contributed by atoms with Crippen LogP contribution in [0.1, 0.15) is 33.1 Å². The van der Waals surface area contributed by atoms with E-state index in [1.165, 1.54) is 12.5 Å². The van der Waals surface area contributed by atoms with Gasteiger partial charge in [-0.05, 0) is 30.7 Å². The van der Waals surface area contributed by atoms with Gasteiger partial charge in [0, 0.05) is 19.2 Å². The molecule has 0 amide bonds. The fourth-order valence-electron chi connectivity index (χ4n) is 3.05. The predicted octanol–water partition coefficient (Wildman–Crippen LogP) is 3.27. The quantitative estimate of drug-likeness (QED) is 0.638. The summed E-state index contributed by atoms with van der Waals surface area (Å²) in [4.78, 5) is 15.0. The van der Waals surface area contributed by atoms with Gasteiger partial charge in [0.2, 0.25) is 5.82 Å². The second-order valence-corrected chi connectivity index (χ2v) is 5.43. The highest BCUT2D eigenvalue weighted by Crippen LogP contribution is 2.37. The van der Waals surface area contributed by atoms with Gasteiger partial charge >= 0.3 is 5.69 Å². The number of anilines is 2. The SMILES string of the molecule is CCC1CCC(Nc2nc(NC)ccc2[N+](=O)[O-])C1C. The average molecular weight is 278 g/mol. The molecule has 0 saturated heterocycles. The largest absolute Gasteiger partial charge is 0.373 e. The van der Waals surface area contributed by atoms with Crippen LogP contribution in [0.2, 0.25) is 0 Å². The molecule has 20 heavy (non-hydrogen) atoms. The molecule has 6 nitrogen and oxygen atoms in total. The lowest BCUT2D eigenvalue weighted by atomic mass is 9.93. The number of nitro groups is 1. The third-order valence-electron chi connectivity index (χ3n) is 4.40. The van der Waals surface area contributed by atoms with E-state index >= 15 is 0 Å². The van der Waals surface area contributed by atoms with Crippen molar-refractivity contribution in [1.82, 2.24) is 4.98 Å². The molecule has 0 radical (unpaired) electrons. The molecule has 0 bridgehead atoms. The van der Waals surface area contributed by atoms with E-state index in [2.05, 4.69) is 29.5 Å². The number of aromatic nitrogens is 1. The van der Waals surface area contributed by atoms with Gasteiger partial charge in [-0.15, -0.1) is 0 Å². The fourth-order valence-corrected chi connectivity index (χ4v) is 3.05. The average Bonchev–Trinajstić information content (AvgIpc) is 2.79. The summed E-state index contributed by atoms with van der Waals surface area (Å²) >= 11 is 0. The molecule has 1 saturated carbocycles. The number of rotatable bonds is 5. The monoisotopic (exact) mass is 278 g/mol. The van der Waals surface area contributed by atoms with Crippen molar-refractivity contribution in [1.29, 1.82) is 0 Å². The van der Waals surface area contributed by atoms with Crippen molar-refractivity contribution in [2.24, 2.45) is 11.8 Å². The maximum Gasteiger partial charge on any atom is 0.311 e. The highest BCUT2D eigenvalue weighted by molar-refractivity contribution is 5.60. The number of hydrogen-bond donors (Lipinski definition) is 2. The topological polar surface area (TPSA) is 80.1 Å². The first-order chi connectivity index (χ1) is 9.56. The van der Waals surface area contributed by atoms with Gasteiger partial charge in [0.1, 0.15) is 5.82 Å². The molecule has 1 heterocycles. The van der Waals surface area contributed by atoms with Crippen LogP contribution in [-0.2, 0) is 0 Å². The molecule has 1 aromatic rings. The Balaban J connectivity index is 2.21. The minimum Gasteiger partial charge on any atom is -0.373 e. The second-order valence-electron chi connectivity index (χ2n) is 5.43. The van der Waals surface area contributed by atoms with Crippen LogP contribution in [0.5, 0.6) is 0 Å². The zero-order chi connectivity index (χ0) is 14.7. The van der Waals surface area contributed by atoms with Crippen LogP contribution in [0.4, 0.5) is 17.3 Å². The molecule has 1 fully saturated rings. The van der Waals surface area contributed by atoms with Gasteiger partial charge in [0.05, 0.1) is 4.92 Å². The predicted molar refractivity (Wildman–Crippen MR) is 80.0 cm³/mol. The van der Waals surface area contributed by atoms with Gasteiger partial charge in [-0.1, -0.05) is 20.3 Å². The molecule has 0 spiro atoms. The molecule has 2 rings (SSSR count). The standard InChI is InChI=1S/C14H22N4O2/c1-4-10-5-6-11(9(10)2)16-14-12(18(19)20)7-8-13(15-3)17-14/h7-11H,4-6H2,1-3H3,(H2,15,16,17). The highest BCUT2D eigenvalue weighted by Gasteiger charge is 2.33. The maximum absolute atomic E-state index is 11.1. The summed E-state index contributed by atoms with van der Waals surface area (Å²) in [6, 6.07) is 3.38. The van der Waals surface area contributed by atoms with Gasteiger partial charge < -0.3 is 10.6 Å². The van der Waals surface area contributed by atoms with Crippen molar-refractivity contribution in [3.8, 4) is 0 Å². The Kier molecular flexibility index (Phi) is 4.42. The lowest BCUT2D eigenvalue weighted by Gasteiger charge is -2.21. The summed E-state index contributed by atoms with van der Waals surface area (Å²) in [7, 11) is 1.75. The Bertz CT molecular complexity index is 492. The minimum atomic E-state index is -0.383.